The third-order valence-electron chi connectivity index (χ3n) is 4.85. The zero-order chi connectivity index (χ0) is 15.9. The van der Waals surface area contributed by atoms with Crippen LogP contribution in [-0.4, -0.2) is 23.2 Å². The molecule has 2 aliphatic rings. The van der Waals surface area contributed by atoms with E-state index in [9.17, 15) is 8.42 Å². The van der Waals surface area contributed by atoms with E-state index in [1.54, 1.807) is 17.1 Å². The van der Waals surface area contributed by atoms with Crippen LogP contribution in [0.1, 0.15) is 49.3 Å². The van der Waals surface area contributed by atoms with E-state index in [-0.39, 0.29) is 4.90 Å². The van der Waals surface area contributed by atoms with Gasteiger partial charge < -0.3 is 0 Å². The summed E-state index contributed by atoms with van der Waals surface area (Å²) in [7, 11) is -3.62. The summed E-state index contributed by atoms with van der Waals surface area (Å²) < 4.78 is 29.8. The number of hydrogen-bond acceptors (Lipinski definition) is 4. The molecule has 0 atom stereocenters. The molecule has 2 heterocycles. The minimum Gasteiger partial charge on any atom is -0.278 e. The van der Waals surface area contributed by atoms with Crippen LogP contribution in [0.5, 0.6) is 0 Å². The highest BCUT2D eigenvalue weighted by Crippen LogP contribution is 2.32. The predicted octanol–water partition coefficient (Wildman–Crippen LogP) is 2.68. The molecule has 2 aromatic heterocycles. The molecule has 1 N–H and O–H groups in total. The number of rotatable bonds is 4. The van der Waals surface area contributed by atoms with E-state index in [0.717, 1.165) is 49.7 Å². The van der Waals surface area contributed by atoms with Crippen molar-refractivity contribution in [3.05, 3.63) is 35.9 Å². The number of fused-ring (bicyclic) bond motifs is 1. The van der Waals surface area contributed by atoms with Gasteiger partial charge in [0.15, 0.2) is 0 Å². The molecule has 0 radical (unpaired) electrons. The minimum absolute atomic E-state index is 0.220. The van der Waals surface area contributed by atoms with Crippen molar-refractivity contribution in [1.29, 1.82) is 0 Å². The monoisotopic (exact) mass is 332 g/mol. The normalized spacial score (nSPS) is 18.3. The molecule has 6 nitrogen and oxygen atoms in total. The number of nitrogens with one attached hydrogen (secondary N) is 1. The van der Waals surface area contributed by atoms with Crippen LogP contribution in [0.3, 0.4) is 0 Å². The standard InChI is InChI=1S/C16H20N4O2S/c21-23(22,14-9-18-20(11-14)13-5-3-6-13)19-16-10-17-8-12-4-1-2-7-15(12)16/h8-11,13,19H,1-7H2. The van der Waals surface area contributed by atoms with Gasteiger partial charge in [-0.05, 0) is 56.1 Å². The Hall–Kier alpha value is -1.89. The summed E-state index contributed by atoms with van der Waals surface area (Å²) in [5.41, 5.74) is 2.85. The average molecular weight is 332 g/mol. The topological polar surface area (TPSA) is 76.9 Å². The first-order chi connectivity index (χ1) is 11.1. The van der Waals surface area contributed by atoms with E-state index >= 15 is 0 Å². The van der Waals surface area contributed by atoms with Crippen LogP contribution in [0.25, 0.3) is 0 Å². The molecule has 2 aromatic rings. The van der Waals surface area contributed by atoms with Crippen molar-refractivity contribution < 1.29 is 8.42 Å². The van der Waals surface area contributed by atoms with Gasteiger partial charge in [-0.3, -0.25) is 14.4 Å². The van der Waals surface area contributed by atoms with Crippen LogP contribution in [0, 0.1) is 0 Å². The van der Waals surface area contributed by atoms with Crippen LogP contribution in [-0.2, 0) is 22.9 Å². The van der Waals surface area contributed by atoms with Gasteiger partial charge in [-0.15, -0.1) is 0 Å². The van der Waals surface area contributed by atoms with E-state index in [4.69, 9.17) is 0 Å². The Bertz CT molecular complexity index is 824. The summed E-state index contributed by atoms with van der Waals surface area (Å²) in [5, 5.41) is 4.22. The number of pyridine rings is 1. The first-order valence-electron chi connectivity index (χ1n) is 8.16. The van der Waals surface area contributed by atoms with Crippen molar-refractivity contribution in [1.82, 2.24) is 14.8 Å². The Morgan fingerprint density at radius 3 is 2.70 bits per heavy atom. The minimum atomic E-state index is -3.62. The van der Waals surface area contributed by atoms with E-state index < -0.39 is 10.0 Å². The summed E-state index contributed by atoms with van der Waals surface area (Å²) in [6, 6.07) is 0.352. The molecular weight excluding hydrogens is 312 g/mol. The van der Waals surface area contributed by atoms with Gasteiger partial charge >= 0.3 is 0 Å². The third kappa shape index (κ3) is 2.73. The Morgan fingerprint density at radius 2 is 1.91 bits per heavy atom. The maximum Gasteiger partial charge on any atom is 0.265 e. The highest BCUT2D eigenvalue weighted by atomic mass is 32.2. The molecule has 0 spiro atoms. The Morgan fingerprint density at radius 1 is 1.09 bits per heavy atom. The summed E-state index contributed by atoms with van der Waals surface area (Å²) in [6.45, 7) is 0. The lowest BCUT2D eigenvalue weighted by molar-refractivity contribution is 0.289. The molecule has 2 aliphatic carbocycles. The van der Waals surface area contributed by atoms with Crippen molar-refractivity contribution in [3.8, 4) is 0 Å². The number of nitrogens with zero attached hydrogens (tertiary/aromatic N) is 3. The fraction of sp³-hybridized carbons (Fsp3) is 0.500. The molecule has 122 valence electrons. The molecule has 4 rings (SSSR count). The van der Waals surface area contributed by atoms with Crippen molar-refractivity contribution >= 4 is 15.7 Å². The Balaban J connectivity index is 1.61. The fourth-order valence-electron chi connectivity index (χ4n) is 3.26. The zero-order valence-corrected chi connectivity index (χ0v) is 13.7. The maximum absolute atomic E-state index is 12.6. The smallest absolute Gasteiger partial charge is 0.265 e. The molecule has 0 aliphatic heterocycles. The van der Waals surface area contributed by atoms with Gasteiger partial charge in [0, 0.05) is 12.4 Å². The van der Waals surface area contributed by atoms with Gasteiger partial charge in [0.05, 0.1) is 24.1 Å². The fourth-order valence-corrected chi connectivity index (χ4v) is 4.28. The highest BCUT2D eigenvalue weighted by Gasteiger charge is 2.24. The maximum atomic E-state index is 12.6. The molecule has 7 heteroatoms. The quantitative estimate of drug-likeness (QED) is 0.934. The molecule has 0 amide bonds. The first kappa shape index (κ1) is 14.7. The predicted molar refractivity (Wildman–Crippen MR) is 86.8 cm³/mol. The van der Waals surface area contributed by atoms with Gasteiger partial charge in [0.25, 0.3) is 10.0 Å². The second-order valence-corrected chi connectivity index (χ2v) is 8.06. The summed E-state index contributed by atoms with van der Waals surface area (Å²) in [4.78, 5) is 4.40. The van der Waals surface area contributed by atoms with E-state index in [1.165, 1.54) is 12.6 Å². The largest absolute Gasteiger partial charge is 0.278 e. The van der Waals surface area contributed by atoms with Crippen LogP contribution in [0.2, 0.25) is 0 Å². The number of sulfonamides is 1. The number of aryl methyl sites for hydroxylation is 1. The number of hydrogen-bond donors (Lipinski definition) is 1. The molecule has 0 bridgehead atoms. The lowest BCUT2D eigenvalue weighted by Gasteiger charge is -2.25. The molecule has 1 saturated carbocycles. The van der Waals surface area contributed by atoms with Crippen LogP contribution < -0.4 is 4.72 Å². The summed E-state index contributed by atoms with van der Waals surface area (Å²) >= 11 is 0. The molecule has 0 unspecified atom stereocenters. The van der Waals surface area contributed by atoms with Crippen LogP contribution in [0.4, 0.5) is 5.69 Å². The van der Waals surface area contributed by atoms with E-state index in [0.29, 0.717) is 11.7 Å². The summed E-state index contributed by atoms with van der Waals surface area (Å²) in [5.74, 6) is 0. The van der Waals surface area contributed by atoms with Crippen molar-refractivity contribution in [3.63, 3.8) is 0 Å². The van der Waals surface area contributed by atoms with Crippen molar-refractivity contribution in [2.75, 3.05) is 4.72 Å². The van der Waals surface area contributed by atoms with Crippen molar-refractivity contribution in [2.45, 2.75) is 55.9 Å². The van der Waals surface area contributed by atoms with Gasteiger partial charge in [0.1, 0.15) is 4.90 Å². The lowest BCUT2D eigenvalue weighted by atomic mass is 9.92. The molecule has 0 aromatic carbocycles. The van der Waals surface area contributed by atoms with Gasteiger partial charge in [-0.1, -0.05) is 0 Å². The van der Waals surface area contributed by atoms with E-state index in [2.05, 4.69) is 14.8 Å². The molecule has 23 heavy (non-hydrogen) atoms. The summed E-state index contributed by atoms with van der Waals surface area (Å²) in [6.07, 6.45) is 14.0. The molecule has 0 saturated heterocycles. The molecular formula is C16H20N4O2S. The Labute approximate surface area is 136 Å². The highest BCUT2D eigenvalue weighted by molar-refractivity contribution is 7.92. The van der Waals surface area contributed by atoms with Crippen LogP contribution >= 0.6 is 0 Å². The number of anilines is 1. The van der Waals surface area contributed by atoms with E-state index in [1.807, 2.05) is 6.20 Å². The SMILES string of the molecule is O=S(=O)(Nc1cncc2c1CCCC2)c1cnn(C2CCC2)c1. The lowest BCUT2D eigenvalue weighted by Crippen LogP contribution is -2.18. The van der Waals surface area contributed by atoms with Gasteiger partial charge in [-0.2, -0.15) is 5.10 Å². The van der Waals surface area contributed by atoms with Gasteiger partial charge in [0.2, 0.25) is 0 Å². The zero-order valence-electron chi connectivity index (χ0n) is 12.9. The van der Waals surface area contributed by atoms with Crippen molar-refractivity contribution in [2.24, 2.45) is 0 Å². The second-order valence-electron chi connectivity index (χ2n) is 6.38. The molecule has 1 fully saturated rings. The van der Waals surface area contributed by atoms with Crippen LogP contribution in [0.15, 0.2) is 29.7 Å². The third-order valence-corrected chi connectivity index (χ3v) is 6.17. The first-order valence-corrected chi connectivity index (χ1v) is 9.64. The number of aromatic nitrogens is 3. The van der Waals surface area contributed by atoms with Gasteiger partial charge in [-0.25, -0.2) is 8.42 Å². The second kappa shape index (κ2) is 5.63. The Kier molecular flexibility index (Phi) is 3.60. The average Bonchev–Trinajstić information content (AvgIpc) is 2.96.